The van der Waals surface area contributed by atoms with E-state index in [1.165, 1.54) is 27.3 Å². The number of benzene rings is 4. The monoisotopic (exact) mass is 631 g/mol. The van der Waals surface area contributed by atoms with Crippen molar-refractivity contribution in [2.45, 2.75) is 50.7 Å². The summed E-state index contributed by atoms with van der Waals surface area (Å²) in [4.78, 5) is 25.0. The second-order valence-corrected chi connectivity index (χ2v) is 12.6. The number of H-pyrrole nitrogens is 2. The summed E-state index contributed by atoms with van der Waals surface area (Å²) in [5.41, 5.74) is 5.75. The standard InChI is InChI=1S/C40H37N7O/c48-39(23-31-13-7-8-21-41-31)44-37(22-30-25-43-36-18-6-4-16-34(30)36)40-46-45-38(20-19-28-24-42-35-17-5-3-15-33(28)35)47(40)26-29-12-9-11-27-10-1-2-14-32(27)29/h1-12,14-18,21,24-25,31,37,42-43H,13,19-20,22-23,26H2,(H,44,48)/t31?,37-/m1/s1. The smallest absolute Gasteiger partial charge is 0.222 e. The van der Waals surface area contributed by atoms with Gasteiger partial charge < -0.3 is 19.9 Å². The molecule has 1 aliphatic heterocycles. The van der Waals surface area contributed by atoms with Crippen molar-refractivity contribution in [3.05, 3.63) is 144 Å². The Kier molecular flexibility index (Phi) is 8.12. The van der Waals surface area contributed by atoms with E-state index in [1.807, 2.05) is 24.4 Å². The lowest BCUT2D eigenvalue weighted by atomic mass is 10.0. The lowest BCUT2D eigenvalue weighted by molar-refractivity contribution is -0.122. The highest BCUT2D eigenvalue weighted by atomic mass is 16.1. The number of aromatic nitrogens is 5. The number of hydrogen-bond donors (Lipinski definition) is 3. The van der Waals surface area contributed by atoms with Crippen LogP contribution in [0.3, 0.4) is 0 Å². The fourth-order valence-corrected chi connectivity index (χ4v) is 7.01. The van der Waals surface area contributed by atoms with E-state index in [4.69, 9.17) is 10.2 Å². The fraction of sp³-hybridized carbons (Fsp3) is 0.200. The van der Waals surface area contributed by atoms with E-state index in [9.17, 15) is 4.79 Å². The minimum Gasteiger partial charge on any atom is -0.361 e. The molecule has 8 heteroatoms. The van der Waals surface area contributed by atoms with Gasteiger partial charge in [-0.2, -0.15) is 0 Å². The van der Waals surface area contributed by atoms with E-state index in [0.29, 0.717) is 25.8 Å². The Morgan fingerprint density at radius 1 is 0.792 bits per heavy atom. The average Bonchev–Trinajstić information content (AvgIpc) is 3.85. The number of aliphatic imine (C=N–C) groups is 1. The zero-order valence-corrected chi connectivity index (χ0v) is 26.6. The first kappa shape index (κ1) is 29.6. The second kappa shape index (κ2) is 13.2. The lowest BCUT2D eigenvalue weighted by Crippen LogP contribution is -2.34. The van der Waals surface area contributed by atoms with Crippen LogP contribution in [0, 0.1) is 0 Å². The van der Waals surface area contributed by atoms with Crippen LogP contribution < -0.4 is 5.32 Å². The topological polar surface area (TPSA) is 104 Å². The number of rotatable bonds is 11. The van der Waals surface area contributed by atoms with Crippen LogP contribution in [-0.2, 0) is 30.6 Å². The summed E-state index contributed by atoms with van der Waals surface area (Å²) in [7, 11) is 0. The first-order valence-corrected chi connectivity index (χ1v) is 16.7. The number of aryl methyl sites for hydroxylation is 2. The molecule has 4 heterocycles. The molecule has 48 heavy (non-hydrogen) atoms. The summed E-state index contributed by atoms with van der Waals surface area (Å²) >= 11 is 0. The maximum Gasteiger partial charge on any atom is 0.222 e. The van der Waals surface area contributed by atoms with Gasteiger partial charge in [0.1, 0.15) is 5.82 Å². The van der Waals surface area contributed by atoms with Crippen LogP contribution in [0.1, 0.15) is 47.2 Å². The highest BCUT2D eigenvalue weighted by Gasteiger charge is 2.26. The molecule has 238 valence electrons. The summed E-state index contributed by atoms with van der Waals surface area (Å²) < 4.78 is 2.23. The molecule has 8 nitrogen and oxygen atoms in total. The van der Waals surface area contributed by atoms with Gasteiger partial charge in [0, 0.05) is 59.7 Å². The number of para-hydroxylation sites is 2. The van der Waals surface area contributed by atoms with Gasteiger partial charge in [0.15, 0.2) is 5.82 Å². The van der Waals surface area contributed by atoms with Crippen LogP contribution in [0.25, 0.3) is 32.6 Å². The molecular weight excluding hydrogens is 594 g/mol. The van der Waals surface area contributed by atoms with Gasteiger partial charge in [-0.05, 0) is 58.5 Å². The predicted octanol–water partition coefficient (Wildman–Crippen LogP) is 7.42. The van der Waals surface area contributed by atoms with Gasteiger partial charge in [0.25, 0.3) is 0 Å². The summed E-state index contributed by atoms with van der Waals surface area (Å²) in [5, 5.41) is 17.8. The molecule has 7 aromatic rings. The van der Waals surface area contributed by atoms with E-state index in [1.54, 1.807) is 6.21 Å². The third-order valence-corrected chi connectivity index (χ3v) is 9.45. The maximum atomic E-state index is 13.7. The summed E-state index contributed by atoms with van der Waals surface area (Å²) in [6, 6.07) is 31.1. The van der Waals surface area contributed by atoms with Gasteiger partial charge in [0.05, 0.1) is 18.6 Å². The van der Waals surface area contributed by atoms with Crippen LogP contribution >= 0.6 is 0 Å². The Morgan fingerprint density at radius 2 is 1.50 bits per heavy atom. The van der Waals surface area contributed by atoms with Crippen LogP contribution in [0.4, 0.5) is 0 Å². The number of hydrogen-bond acceptors (Lipinski definition) is 4. The summed E-state index contributed by atoms with van der Waals surface area (Å²) in [5.74, 6) is 1.60. The molecule has 3 N–H and O–H groups in total. The molecule has 1 amide bonds. The number of allylic oxidation sites excluding steroid dienone is 1. The highest BCUT2D eigenvalue weighted by molar-refractivity contribution is 5.86. The van der Waals surface area contributed by atoms with E-state index in [-0.39, 0.29) is 11.9 Å². The van der Waals surface area contributed by atoms with E-state index in [2.05, 4.69) is 116 Å². The molecular formula is C40H37N7O. The number of amides is 1. The zero-order chi connectivity index (χ0) is 32.3. The van der Waals surface area contributed by atoms with Crippen molar-refractivity contribution in [2.24, 2.45) is 4.99 Å². The molecule has 2 atom stereocenters. The molecule has 1 unspecified atom stereocenters. The molecule has 0 radical (unpaired) electrons. The number of nitrogens with zero attached hydrogens (tertiary/aromatic N) is 4. The van der Waals surface area contributed by atoms with Gasteiger partial charge in [0.2, 0.25) is 5.91 Å². The Hall–Kier alpha value is -5.76. The highest BCUT2D eigenvalue weighted by Crippen LogP contribution is 2.28. The molecule has 0 aliphatic carbocycles. The number of aromatic amines is 2. The zero-order valence-electron chi connectivity index (χ0n) is 26.6. The number of fused-ring (bicyclic) bond motifs is 3. The van der Waals surface area contributed by atoms with Crippen molar-refractivity contribution in [1.82, 2.24) is 30.0 Å². The minimum absolute atomic E-state index is 0.0441. The Balaban J connectivity index is 1.18. The summed E-state index contributed by atoms with van der Waals surface area (Å²) in [6.07, 6.45) is 13.1. The first-order valence-electron chi connectivity index (χ1n) is 16.7. The SMILES string of the molecule is O=C(CC1CC=CC=N1)N[C@H](Cc1c[nH]c2ccccc12)c1nnc(CCc2c[nH]c3ccccc23)n1Cc1cccc2ccccc12. The second-order valence-electron chi connectivity index (χ2n) is 12.6. The van der Waals surface area contributed by atoms with Crippen LogP contribution in [0.2, 0.25) is 0 Å². The molecule has 0 fully saturated rings. The lowest BCUT2D eigenvalue weighted by Gasteiger charge is -2.22. The van der Waals surface area contributed by atoms with Crippen molar-refractivity contribution >= 4 is 44.7 Å². The number of carbonyl (C=O) groups is 1. The normalized spacial score (nSPS) is 15.0. The molecule has 0 saturated carbocycles. The number of dihydropyridines is 1. The van der Waals surface area contributed by atoms with E-state index in [0.717, 1.165) is 46.5 Å². The Labute approximate surface area is 278 Å². The molecule has 0 bridgehead atoms. The van der Waals surface area contributed by atoms with Gasteiger partial charge >= 0.3 is 0 Å². The predicted molar refractivity (Wildman–Crippen MR) is 192 cm³/mol. The maximum absolute atomic E-state index is 13.7. The van der Waals surface area contributed by atoms with Crippen molar-refractivity contribution in [3.63, 3.8) is 0 Å². The molecule has 4 aromatic carbocycles. The molecule has 8 rings (SSSR count). The Morgan fingerprint density at radius 3 is 2.29 bits per heavy atom. The van der Waals surface area contributed by atoms with E-state index < -0.39 is 6.04 Å². The largest absolute Gasteiger partial charge is 0.361 e. The third-order valence-electron chi connectivity index (χ3n) is 9.45. The van der Waals surface area contributed by atoms with Gasteiger partial charge in [-0.1, -0.05) is 84.9 Å². The number of carbonyl (C=O) groups excluding carboxylic acids is 1. The molecule has 3 aromatic heterocycles. The summed E-state index contributed by atoms with van der Waals surface area (Å²) in [6.45, 7) is 0.588. The van der Waals surface area contributed by atoms with E-state index >= 15 is 0 Å². The van der Waals surface area contributed by atoms with Gasteiger partial charge in [-0.3, -0.25) is 9.79 Å². The third kappa shape index (κ3) is 6.05. The molecule has 0 saturated heterocycles. The van der Waals surface area contributed by atoms with Crippen molar-refractivity contribution < 1.29 is 4.79 Å². The molecule has 1 aliphatic rings. The van der Waals surface area contributed by atoms with Crippen molar-refractivity contribution in [1.29, 1.82) is 0 Å². The first-order chi connectivity index (χ1) is 23.7. The van der Waals surface area contributed by atoms with Crippen LogP contribution in [0.15, 0.2) is 121 Å². The van der Waals surface area contributed by atoms with Crippen molar-refractivity contribution in [3.8, 4) is 0 Å². The van der Waals surface area contributed by atoms with Gasteiger partial charge in [-0.25, -0.2) is 0 Å². The van der Waals surface area contributed by atoms with Crippen LogP contribution in [-0.4, -0.2) is 42.9 Å². The quantitative estimate of drug-likeness (QED) is 0.138. The Bertz CT molecular complexity index is 2280. The number of nitrogens with one attached hydrogen (secondary N) is 3. The van der Waals surface area contributed by atoms with Crippen molar-refractivity contribution in [2.75, 3.05) is 0 Å². The van der Waals surface area contributed by atoms with Crippen LogP contribution in [0.5, 0.6) is 0 Å². The van der Waals surface area contributed by atoms with Gasteiger partial charge in [-0.15, -0.1) is 10.2 Å². The average molecular weight is 632 g/mol. The minimum atomic E-state index is -0.399. The molecule has 0 spiro atoms. The fourth-order valence-electron chi connectivity index (χ4n) is 7.01.